The van der Waals surface area contributed by atoms with Gasteiger partial charge < -0.3 is 4.48 Å². The second kappa shape index (κ2) is 4.23. The van der Waals surface area contributed by atoms with Gasteiger partial charge in [0.2, 0.25) is 0 Å². The van der Waals surface area contributed by atoms with Crippen LogP contribution in [-0.4, -0.2) is 6.28 Å². The van der Waals surface area contributed by atoms with E-state index in [0.717, 1.165) is 0 Å². The van der Waals surface area contributed by atoms with Crippen LogP contribution in [-0.2, 0) is 0 Å². The lowest BCUT2D eigenvalue weighted by molar-refractivity contribution is -0.533. The zero-order chi connectivity index (χ0) is 13.6. The summed E-state index contributed by atoms with van der Waals surface area (Å²) in [7, 11) is 0. The van der Waals surface area contributed by atoms with Crippen LogP contribution >= 0.6 is 0 Å². The number of fused-ring (bicyclic) bond motifs is 3. The van der Waals surface area contributed by atoms with E-state index in [-0.39, 0.29) is 0 Å². The van der Waals surface area contributed by atoms with Crippen molar-refractivity contribution in [2.75, 3.05) is 0 Å². The molecule has 0 amide bonds. The number of nitrogens with zero attached hydrogens (tertiary/aromatic N) is 1. The fraction of sp³-hybridized carbons (Fsp3) is 0.353. The molecule has 2 aromatic rings. The quantitative estimate of drug-likeness (QED) is 0.719. The third kappa shape index (κ3) is 1.46. The number of hydrogen-bond donors (Lipinski definition) is 0. The third-order valence-electron chi connectivity index (χ3n) is 5.12. The summed E-state index contributed by atoms with van der Waals surface area (Å²) in [6, 6.07) is 15.5. The molecule has 1 aliphatic rings. The van der Waals surface area contributed by atoms with Gasteiger partial charge in [-0.1, -0.05) is 58.0 Å². The molecular weight excluding hydrogens is 229 g/mol. The molecule has 0 bridgehead atoms. The van der Waals surface area contributed by atoms with E-state index in [9.17, 15) is 0 Å². The summed E-state index contributed by atoms with van der Waals surface area (Å²) in [5.74, 6) is 1.24. The first kappa shape index (κ1) is 12.5. The van der Waals surface area contributed by atoms with Gasteiger partial charge in [-0.3, -0.25) is 0 Å². The zero-order valence-electron chi connectivity index (χ0n) is 12.3. The Kier molecular flexibility index (Phi) is 2.77. The Morgan fingerprint density at radius 3 is 2.16 bits per heavy atom. The average Bonchev–Trinajstić information content (AvgIpc) is 2.70. The Labute approximate surface area is 116 Å². The molecule has 0 aliphatic carbocycles. The van der Waals surface area contributed by atoms with E-state index in [1.807, 2.05) is 0 Å². The van der Waals surface area contributed by atoms with Crippen LogP contribution in [0.1, 0.15) is 27.7 Å². The van der Waals surface area contributed by atoms with Crippen molar-refractivity contribution in [1.29, 1.82) is 0 Å². The third-order valence-corrected chi connectivity index (χ3v) is 5.12. The van der Waals surface area contributed by atoms with Crippen molar-refractivity contribution in [2.24, 2.45) is 0 Å². The second-order valence-electron chi connectivity index (χ2n) is 6.52. The van der Waals surface area contributed by atoms with Crippen LogP contribution in [0.4, 0.5) is 0 Å². The fourth-order valence-corrected chi connectivity index (χ4v) is 4.47. The van der Waals surface area contributed by atoms with E-state index in [0.29, 0.717) is 11.6 Å². The lowest BCUT2D eigenvalue weighted by atomic mass is 9.20. The molecule has 2 heteroatoms. The maximum Gasteiger partial charge on any atom is 0.311 e. The van der Waals surface area contributed by atoms with Crippen LogP contribution < -0.4 is 9.94 Å². The van der Waals surface area contributed by atoms with Gasteiger partial charge in [-0.15, -0.1) is 17.1 Å². The summed E-state index contributed by atoms with van der Waals surface area (Å²) in [5.41, 5.74) is 4.34. The van der Waals surface area contributed by atoms with Crippen LogP contribution in [0.3, 0.4) is 0 Å². The number of benzene rings is 1. The molecule has 0 atom stereocenters. The topological polar surface area (TPSA) is 3.88 Å². The largest absolute Gasteiger partial charge is 0.416 e. The first-order valence-electron chi connectivity index (χ1n) is 7.37. The number of rotatable bonds is 2. The zero-order valence-corrected chi connectivity index (χ0v) is 12.3. The highest BCUT2D eigenvalue weighted by atomic mass is 14.9. The summed E-state index contributed by atoms with van der Waals surface area (Å²) < 4.78 is 2.56. The van der Waals surface area contributed by atoms with E-state index in [2.05, 4.69) is 80.8 Å². The highest BCUT2D eigenvalue weighted by Gasteiger charge is 2.51. The molecule has 2 heterocycles. The molecule has 98 valence electrons. The Morgan fingerprint density at radius 2 is 1.47 bits per heavy atom. The minimum atomic E-state index is -0.728. The number of aromatic nitrogens is 1. The van der Waals surface area contributed by atoms with Crippen LogP contribution in [0, 0.1) is 0 Å². The lowest BCUT2D eigenvalue weighted by Crippen LogP contribution is -2.72. The SMILES string of the molecule is CC(C)[B-]1(C(C)C)c2ccccc2-c2cccc[n+]21. The standard InChI is InChI=1S/C17H22BN/c1-13(2)18(14(3)4)16-10-6-5-9-15(16)17-11-7-8-12-19(17)18/h5-14H,1-4H3. The maximum absolute atomic E-state index is 2.56. The van der Waals surface area contributed by atoms with Gasteiger partial charge in [0.05, 0.1) is 0 Å². The predicted molar refractivity (Wildman–Crippen MR) is 83.1 cm³/mol. The van der Waals surface area contributed by atoms with Crippen molar-refractivity contribution in [2.45, 2.75) is 39.3 Å². The van der Waals surface area contributed by atoms with Crippen molar-refractivity contribution < 1.29 is 4.48 Å². The molecule has 1 aliphatic heterocycles. The van der Waals surface area contributed by atoms with Crippen molar-refractivity contribution >= 4 is 11.7 Å². The number of hydrogen-bond acceptors (Lipinski definition) is 0. The normalized spacial score (nSPS) is 15.7. The van der Waals surface area contributed by atoms with Crippen LogP contribution in [0.25, 0.3) is 11.3 Å². The van der Waals surface area contributed by atoms with Gasteiger partial charge in [-0.05, 0) is 6.07 Å². The second-order valence-corrected chi connectivity index (χ2v) is 6.52. The summed E-state index contributed by atoms with van der Waals surface area (Å²) in [4.78, 5) is 0. The van der Waals surface area contributed by atoms with Gasteiger partial charge in [0, 0.05) is 11.6 Å². The first-order chi connectivity index (χ1) is 9.10. The van der Waals surface area contributed by atoms with E-state index >= 15 is 0 Å². The van der Waals surface area contributed by atoms with Crippen molar-refractivity contribution in [1.82, 2.24) is 0 Å². The number of pyridine rings is 1. The Balaban J connectivity index is 2.42. The minimum Gasteiger partial charge on any atom is -0.416 e. The molecule has 3 rings (SSSR count). The monoisotopic (exact) mass is 251 g/mol. The van der Waals surface area contributed by atoms with Gasteiger partial charge in [-0.25, -0.2) is 0 Å². The first-order valence-corrected chi connectivity index (χ1v) is 7.37. The predicted octanol–water partition coefficient (Wildman–Crippen LogP) is 3.48. The highest BCUT2D eigenvalue weighted by molar-refractivity contribution is 6.89. The molecule has 0 saturated heterocycles. The summed E-state index contributed by atoms with van der Waals surface area (Å²) in [6.07, 6.45) is 1.54. The Morgan fingerprint density at radius 1 is 0.842 bits per heavy atom. The van der Waals surface area contributed by atoms with E-state index < -0.39 is 6.28 Å². The van der Waals surface area contributed by atoms with Crippen molar-refractivity contribution in [3.8, 4) is 11.3 Å². The molecule has 19 heavy (non-hydrogen) atoms. The lowest BCUT2D eigenvalue weighted by Gasteiger charge is -2.38. The average molecular weight is 251 g/mol. The molecule has 1 nitrogen and oxygen atoms in total. The molecule has 0 N–H and O–H groups in total. The molecule has 0 fully saturated rings. The molecule has 0 spiro atoms. The van der Waals surface area contributed by atoms with Gasteiger partial charge in [0.1, 0.15) is 6.20 Å². The van der Waals surface area contributed by atoms with E-state index in [1.54, 1.807) is 5.46 Å². The van der Waals surface area contributed by atoms with Gasteiger partial charge in [0.15, 0.2) is 5.69 Å². The molecule has 1 aromatic heterocycles. The highest BCUT2D eigenvalue weighted by Crippen LogP contribution is 2.36. The fourth-order valence-electron chi connectivity index (χ4n) is 4.47. The molecular formula is C17H22BN. The van der Waals surface area contributed by atoms with Crippen molar-refractivity contribution in [3.05, 3.63) is 48.7 Å². The van der Waals surface area contributed by atoms with Gasteiger partial charge >= 0.3 is 6.28 Å². The Bertz CT molecular complexity index is 561. The van der Waals surface area contributed by atoms with Crippen molar-refractivity contribution in [3.63, 3.8) is 0 Å². The van der Waals surface area contributed by atoms with Gasteiger partial charge in [-0.2, -0.15) is 0 Å². The Hall–Kier alpha value is -1.57. The summed E-state index contributed by atoms with van der Waals surface area (Å²) in [6.45, 7) is 9.47. The van der Waals surface area contributed by atoms with Crippen LogP contribution in [0.15, 0.2) is 48.7 Å². The van der Waals surface area contributed by atoms with E-state index in [1.165, 1.54) is 11.3 Å². The molecule has 0 saturated carbocycles. The molecule has 0 unspecified atom stereocenters. The summed E-state index contributed by atoms with van der Waals surface area (Å²) >= 11 is 0. The summed E-state index contributed by atoms with van der Waals surface area (Å²) in [5, 5.41) is 0. The molecule has 0 radical (unpaired) electrons. The maximum atomic E-state index is 2.56. The minimum absolute atomic E-state index is 0.620. The van der Waals surface area contributed by atoms with Crippen LogP contribution in [0.5, 0.6) is 0 Å². The van der Waals surface area contributed by atoms with Crippen LogP contribution in [0.2, 0.25) is 11.6 Å². The van der Waals surface area contributed by atoms with E-state index in [4.69, 9.17) is 0 Å². The smallest absolute Gasteiger partial charge is 0.311 e. The molecule has 1 aromatic carbocycles. The van der Waals surface area contributed by atoms with Gasteiger partial charge in [0.25, 0.3) is 0 Å².